The second-order valence-electron chi connectivity index (χ2n) is 7.89. The Morgan fingerprint density at radius 2 is 1.75 bits per heavy atom. The van der Waals surface area contributed by atoms with Gasteiger partial charge in [0.15, 0.2) is 0 Å². The standard InChI is InChI=1S/C24H23F3N2O2S/c1-15(30)31-11-8-16-6-9-29(10-7-16)23-20(26)12-18(13-21(23)27)24-28-22(14-32-24)17-2-4-19(25)5-3-17/h2-5,12-14,16H,6-11H2,1H3. The fourth-order valence-corrected chi connectivity index (χ4v) is 4.78. The predicted molar refractivity (Wildman–Crippen MR) is 119 cm³/mol. The summed E-state index contributed by atoms with van der Waals surface area (Å²) in [6, 6.07) is 8.57. The molecule has 3 aromatic rings. The van der Waals surface area contributed by atoms with Gasteiger partial charge in [0.05, 0.1) is 12.3 Å². The van der Waals surface area contributed by atoms with E-state index in [0.29, 0.717) is 41.9 Å². The summed E-state index contributed by atoms with van der Waals surface area (Å²) < 4.78 is 48.0. The van der Waals surface area contributed by atoms with Crippen molar-refractivity contribution >= 4 is 23.0 Å². The van der Waals surface area contributed by atoms with Gasteiger partial charge in [-0.1, -0.05) is 0 Å². The Kier molecular flexibility index (Phi) is 6.79. The number of carbonyl (C=O) groups excluding carboxylic acids is 1. The lowest BCUT2D eigenvalue weighted by Crippen LogP contribution is -2.35. The largest absolute Gasteiger partial charge is 0.466 e. The van der Waals surface area contributed by atoms with E-state index in [0.717, 1.165) is 24.8 Å². The lowest BCUT2D eigenvalue weighted by molar-refractivity contribution is -0.141. The maximum absolute atomic E-state index is 14.9. The zero-order valence-corrected chi connectivity index (χ0v) is 18.4. The molecule has 168 valence electrons. The minimum Gasteiger partial charge on any atom is -0.466 e. The highest BCUT2D eigenvalue weighted by atomic mass is 32.1. The molecule has 4 nitrogen and oxygen atoms in total. The van der Waals surface area contributed by atoms with Gasteiger partial charge in [0.1, 0.15) is 28.1 Å². The van der Waals surface area contributed by atoms with Crippen LogP contribution in [-0.2, 0) is 9.53 Å². The number of thiazole rings is 1. The minimum atomic E-state index is -0.614. The van der Waals surface area contributed by atoms with E-state index < -0.39 is 11.6 Å². The van der Waals surface area contributed by atoms with E-state index in [1.54, 1.807) is 22.4 Å². The summed E-state index contributed by atoms with van der Waals surface area (Å²) in [6.45, 7) is 2.85. The van der Waals surface area contributed by atoms with Crippen LogP contribution in [0.25, 0.3) is 21.8 Å². The van der Waals surface area contributed by atoms with Crippen LogP contribution in [0.15, 0.2) is 41.8 Å². The SMILES string of the molecule is CC(=O)OCCC1CCN(c2c(F)cc(-c3nc(-c4ccc(F)cc4)cs3)cc2F)CC1. The molecule has 2 heterocycles. The molecule has 0 aliphatic carbocycles. The van der Waals surface area contributed by atoms with Crippen LogP contribution in [0.2, 0.25) is 0 Å². The van der Waals surface area contributed by atoms with E-state index in [2.05, 4.69) is 4.98 Å². The van der Waals surface area contributed by atoms with Crippen LogP contribution in [0, 0.1) is 23.4 Å². The van der Waals surface area contributed by atoms with Gasteiger partial charge in [-0.2, -0.15) is 0 Å². The van der Waals surface area contributed by atoms with Gasteiger partial charge in [-0.15, -0.1) is 11.3 Å². The fourth-order valence-electron chi connectivity index (χ4n) is 3.97. The Bertz CT molecular complexity index is 1070. The summed E-state index contributed by atoms with van der Waals surface area (Å²) in [5, 5.41) is 2.28. The average molecular weight is 461 g/mol. The van der Waals surface area contributed by atoms with Gasteiger partial charge in [-0.3, -0.25) is 4.79 Å². The molecule has 0 amide bonds. The Labute approximate surface area is 188 Å². The van der Waals surface area contributed by atoms with Gasteiger partial charge in [0, 0.05) is 36.5 Å². The van der Waals surface area contributed by atoms with Gasteiger partial charge in [-0.25, -0.2) is 18.2 Å². The number of ether oxygens (including phenoxy) is 1. The molecule has 4 rings (SSSR count). The van der Waals surface area contributed by atoms with Crippen molar-refractivity contribution in [1.29, 1.82) is 0 Å². The minimum absolute atomic E-state index is 0.0116. The molecule has 1 aliphatic heterocycles. The Morgan fingerprint density at radius 1 is 1.09 bits per heavy atom. The van der Waals surface area contributed by atoms with Crippen molar-refractivity contribution in [2.24, 2.45) is 5.92 Å². The molecule has 0 spiro atoms. The topological polar surface area (TPSA) is 42.4 Å². The fraction of sp³-hybridized carbons (Fsp3) is 0.333. The third kappa shape index (κ3) is 5.12. The summed E-state index contributed by atoms with van der Waals surface area (Å²) in [6.07, 6.45) is 2.34. The van der Waals surface area contributed by atoms with Gasteiger partial charge in [-0.05, 0) is 61.6 Å². The van der Waals surface area contributed by atoms with Gasteiger partial charge >= 0.3 is 5.97 Å². The van der Waals surface area contributed by atoms with Crippen LogP contribution in [0.4, 0.5) is 18.9 Å². The Hall–Kier alpha value is -2.87. The first kappa shape index (κ1) is 22.3. The number of anilines is 1. The molecular formula is C24H23F3N2O2S. The second kappa shape index (κ2) is 9.73. The van der Waals surface area contributed by atoms with Crippen LogP contribution >= 0.6 is 11.3 Å². The summed E-state index contributed by atoms with van der Waals surface area (Å²) in [5.74, 6) is -1.49. The maximum atomic E-state index is 14.9. The van der Waals surface area contributed by atoms with Crippen molar-refractivity contribution < 1.29 is 22.7 Å². The highest BCUT2D eigenvalue weighted by Crippen LogP contribution is 2.35. The van der Waals surface area contributed by atoms with Crippen molar-refractivity contribution in [3.8, 4) is 21.8 Å². The van der Waals surface area contributed by atoms with Crippen LogP contribution in [-0.4, -0.2) is 30.6 Å². The third-order valence-electron chi connectivity index (χ3n) is 5.67. The van der Waals surface area contributed by atoms with E-state index in [1.165, 1.54) is 42.5 Å². The van der Waals surface area contributed by atoms with E-state index in [1.807, 2.05) is 0 Å². The number of halogens is 3. The molecule has 2 aromatic carbocycles. The molecule has 8 heteroatoms. The first-order valence-electron chi connectivity index (χ1n) is 10.5. The van der Waals surface area contributed by atoms with Crippen LogP contribution in [0.5, 0.6) is 0 Å². The van der Waals surface area contributed by atoms with Crippen molar-refractivity contribution in [2.45, 2.75) is 26.2 Å². The van der Waals surface area contributed by atoms with E-state index in [4.69, 9.17) is 4.74 Å². The normalized spacial score (nSPS) is 14.6. The Morgan fingerprint density at radius 3 is 2.38 bits per heavy atom. The highest BCUT2D eigenvalue weighted by molar-refractivity contribution is 7.13. The van der Waals surface area contributed by atoms with Crippen molar-refractivity contribution in [2.75, 3.05) is 24.6 Å². The summed E-state index contributed by atoms with van der Waals surface area (Å²) in [4.78, 5) is 17.1. The van der Waals surface area contributed by atoms with Crippen molar-refractivity contribution in [3.63, 3.8) is 0 Å². The van der Waals surface area contributed by atoms with E-state index in [9.17, 15) is 18.0 Å². The molecule has 0 atom stereocenters. The number of hydrogen-bond acceptors (Lipinski definition) is 5. The first-order valence-corrected chi connectivity index (χ1v) is 11.4. The summed E-state index contributed by atoms with van der Waals surface area (Å²) in [7, 11) is 0. The van der Waals surface area contributed by atoms with Crippen molar-refractivity contribution in [1.82, 2.24) is 4.98 Å². The second-order valence-corrected chi connectivity index (χ2v) is 8.75. The molecule has 1 aliphatic rings. The number of aromatic nitrogens is 1. The van der Waals surface area contributed by atoms with E-state index in [-0.39, 0.29) is 17.5 Å². The van der Waals surface area contributed by atoms with Crippen LogP contribution < -0.4 is 4.90 Å². The number of nitrogens with zero attached hydrogens (tertiary/aromatic N) is 2. The number of benzene rings is 2. The van der Waals surface area contributed by atoms with E-state index >= 15 is 0 Å². The number of rotatable bonds is 6. The number of esters is 1. The quantitative estimate of drug-likeness (QED) is 0.419. The molecule has 1 fully saturated rings. The molecule has 1 saturated heterocycles. The monoisotopic (exact) mass is 460 g/mol. The molecule has 32 heavy (non-hydrogen) atoms. The molecular weight excluding hydrogens is 437 g/mol. The summed E-state index contributed by atoms with van der Waals surface area (Å²) >= 11 is 1.28. The molecule has 0 radical (unpaired) electrons. The zero-order chi connectivity index (χ0) is 22.7. The molecule has 1 aromatic heterocycles. The lowest BCUT2D eigenvalue weighted by atomic mass is 9.93. The number of carbonyl (C=O) groups is 1. The van der Waals surface area contributed by atoms with Crippen LogP contribution in [0.3, 0.4) is 0 Å². The molecule has 0 unspecified atom stereocenters. The molecule has 0 N–H and O–H groups in total. The maximum Gasteiger partial charge on any atom is 0.302 e. The highest BCUT2D eigenvalue weighted by Gasteiger charge is 2.25. The lowest BCUT2D eigenvalue weighted by Gasteiger charge is -2.34. The smallest absolute Gasteiger partial charge is 0.302 e. The van der Waals surface area contributed by atoms with Crippen LogP contribution in [0.1, 0.15) is 26.2 Å². The van der Waals surface area contributed by atoms with Gasteiger partial charge < -0.3 is 9.64 Å². The number of piperidine rings is 1. The van der Waals surface area contributed by atoms with Gasteiger partial charge in [0.2, 0.25) is 0 Å². The third-order valence-corrected chi connectivity index (χ3v) is 6.56. The predicted octanol–water partition coefficient (Wildman–Crippen LogP) is 6.06. The zero-order valence-electron chi connectivity index (χ0n) is 17.6. The average Bonchev–Trinajstić information content (AvgIpc) is 3.25. The molecule has 0 saturated carbocycles. The van der Waals surface area contributed by atoms with Crippen molar-refractivity contribution in [3.05, 3.63) is 59.2 Å². The Balaban J connectivity index is 1.45. The number of hydrogen-bond donors (Lipinski definition) is 0. The molecule has 0 bridgehead atoms. The first-order chi connectivity index (χ1) is 15.4. The summed E-state index contributed by atoms with van der Waals surface area (Å²) in [5.41, 5.74) is 1.73. The van der Waals surface area contributed by atoms with Gasteiger partial charge in [0.25, 0.3) is 0 Å².